The van der Waals surface area contributed by atoms with Gasteiger partial charge < -0.3 is 5.73 Å². The van der Waals surface area contributed by atoms with E-state index in [0.29, 0.717) is 11.1 Å². The summed E-state index contributed by atoms with van der Waals surface area (Å²) >= 11 is 0. The van der Waals surface area contributed by atoms with Crippen molar-refractivity contribution in [2.45, 2.75) is 0 Å². The van der Waals surface area contributed by atoms with Gasteiger partial charge in [0.05, 0.1) is 29.0 Å². The molecule has 0 aliphatic carbocycles. The lowest BCUT2D eigenvalue weighted by atomic mass is 9.98. The molecule has 0 saturated heterocycles. The molecule has 1 amide bonds. The largest absolute Gasteiger partial charge is 0.366 e. The number of hydrogen-bond donors (Lipinski definition) is 3. The zero-order chi connectivity index (χ0) is 14.4. The maximum atomic E-state index is 11.7. The molecule has 0 bridgehead atoms. The van der Waals surface area contributed by atoms with Gasteiger partial charge in [-0.05, 0) is 29.3 Å². The van der Waals surface area contributed by atoms with E-state index in [1.54, 1.807) is 18.5 Å². The number of aromatic amines is 2. The predicted molar refractivity (Wildman–Crippen MR) is 79.7 cm³/mol. The van der Waals surface area contributed by atoms with Gasteiger partial charge in [-0.2, -0.15) is 10.2 Å². The van der Waals surface area contributed by atoms with Crippen LogP contribution in [0.5, 0.6) is 0 Å². The molecule has 4 N–H and O–H groups in total. The lowest BCUT2D eigenvalue weighted by Crippen LogP contribution is -2.11. The third-order valence-corrected chi connectivity index (χ3v) is 3.61. The summed E-state index contributed by atoms with van der Waals surface area (Å²) in [7, 11) is 0. The molecule has 0 aliphatic heterocycles. The average Bonchev–Trinajstić information content (AvgIpc) is 3.13. The fourth-order valence-electron chi connectivity index (χ4n) is 2.63. The van der Waals surface area contributed by atoms with Crippen molar-refractivity contribution in [3.63, 3.8) is 0 Å². The lowest BCUT2D eigenvalue weighted by Gasteiger charge is -2.06. The van der Waals surface area contributed by atoms with Gasteiger partial charge in [0.15, 0.2) is 0 Å². The van der Waals surface area contributed by atoms with Crippen molar-refractivity contribution in [3.8, 4) is 11.1 Å². The van der Waals surface area contributed by atoms with Crippen LogP contribution in [0.2, 0.25) is 0 Å². The van der Waals surface area contributed by atoms with Crippen LogP contribution in [0, 0.1) is 0 Å². The first-order valence-electron chi connectivity index (χ1n) is 6.43. The van der Waals surface area contributed by atoms with Gasteiger partial charge in [-0.1, -0.05) is 12.1 Å². The Morgan fingerprint density at radius 2 is 1.95 bits per heavy atom. The number of benzene rings is 2. The van der Waals surface area contributed by atoms with Crippen molar-refractivity contribution in [2.24, 2.45) is 5.73 Å². The molecule has 2 aromatic carbocycles. The molecular formula is C15H11N5O. The number of carbonyl (C=O) groups is 1. The molecule has 0 aliphatic rings. The van der Waals surface area contributed by atoms with E-state index in [1.165, 1.54) is 0 Å². The number of hydrogen-bond acceptors (Lipinski definition) is 3. The molecular weight excluding hydrogens is 266 g/mol. The lowest BCUT2D eigenvalue weighted by molar-refractivity contribution is 0.100. The molecule has 4 aromatic rings. The highest BCUT2D eigenvalue weighted by molar-refractivity contribution is 6.07. The first-order chi connectivity index (χ1) is 10.2. The van der Waals surface area contributed by atoms with Crippen LogP contribution in [0.3, 0.4) is 0 Å². The second-order valence-electron chi connectivity index (χ2n) is 4.86. The summed E-state index contributed by atoms with van der Waals surface area (Å²) in [6.07, 6.45) is 3.45. The number of H-pyrrole nitrogens is 2. The van der Waals surface area contributed by atoms with E-state index in [1.807, 2.05) is 24.3 Å². The molecule has 2 aromatic heterocycles. The van der Waals surface area contributed by atoms with Gasteiger partial charge in [-0.25, -0.2) is 0 Å². The minimum atomic E-state index is -0.481. The Hall–Kier alpha value is -3.15. The van der Waals surface area contributed by atoms with Gasteiger partial charge in [-0.15, -0.1) is 0 Å². The molecule has 2 heterocycles. The summed E-state index contributed by atoms with van der Waals surface area (Å²) in [4.78, 5) is 11.7. The molecule has 6 heteroatoms. The van der Waals surface area contributed by atoms with Gasteiger partial charge >= 0.3 is 0 Å². The number of aromatic nitrogens is 4. The van der Waals surface area contributed by atoms with Crippen LogP contribution in [0.1, 0.15) is 10.4 Å². The Morgan fingerprint density at radius 3 is 2.81 bits per heavy atom. The number of nitrogens with one attached hydrogen (secondary N) is 2. The number of nitrogens with two attached hydrogens (primary N) is 1. The maximum Gasteiger partial charge on any atom is 0.250 e. The SMILES string of the molecule is NC(=O)c1cc(-c2cccc3[nH]ncc23)cc2cn[nH]c12. The predicted octanol–water partition coefficient (Wildman–Crippen LogP) is 2.21. The fourth-order valence-corrected chi connectivity index (χ4v) is 2.63. The number of carbonyl (C=O) groups excluding carboxylic acids is 1. The third kappa shape index (κ3) is 1.69. The number of fused-ring (bicyclic) bond motifs is 2. The maximum absolute atomic E-state index is 11.7. The normalized spacial score (nSPS) is 11.2. The molecule has 0 radical (unpaired) electrons. The van der Waals surface area contributed by atoms with Crippen molar-refractivity contribution < 1.29 is 4.79 Å². The van der Waals surface area contributed by atoms with Gasteiger partial charge in [-0.3, -0.25) is 15.0 Å². The smallest absolute Gasteiger partial charge is 0.250 e. The van der Waals surface area contributed by atoms with Gasteiger partial charge in [0.25, 0.3) is 5.91 Å². The number of rotatable bonds is 2. The quantitative estimate of drug-likeness (QED) is 0.523. The highest BCUT2D eigenvalue weighted by atomic mass is 16.1. The summed E-state index contributed by atoms with van der Waals surface area (Å²) in [5, 5.41) is 15.6. The van der Waals surface area contributed by atoms with Gasteiger partial charge in [0.2, 0.25) is 0 Å². The first-order valence-corrected chi connectivity index (χ1v) is 6.43. The highest BCUT2D eigenvalue weighted by Gasteiger charge is 2.13. The van der Waals surface area contributed by atoms with Crippen LogP contribution in [0.4, 0.5) is 0 Å². The zero-order valence-corrected chi connectivity index (χ0v) is 10.9. The van der Waals surface area contributed by atoms with Crippen LogP contribution >= 0.6 is 0 Å². The standard InChI is InChI=1S/C15H11N5O/c16-15(21)11-5-8(4-9-6-17-20-14(9)11)10-2-1-3-13-12(10)7-18-19-13/h1-7H,(H2,16,21)(H,17,20)(H,18,19). The van der Waals surface area contributed by atoms with E-state index in [-0.39, 0.29) is 0 Å². The summed E-state index contributed by atoms with van der Waals surface area (Å²) < 4.78 is 0. The summed E-state index contributed by atoms with van der Waals surface area (Å²) in [5.74, 6) is -0.481. The Bertz CT molecular complexity index is 982. The van der Waals surface area contributed by atoms with Crippen LogP contribution in [0.25, 0.3) is 32.9 Å². The van der Waals surface area contributed by atoms with Crippen LogP contribution < -0.4 is 5.73 Å². The number of amides is 1. The van der Waals surface area contributed by atoms with Gasteiger partial charge in [0, 0.05) is 10.8 Å². The second-order valence-corrected chi connectivity index (χ2v) is 4.86. The zero-order valence-electron chi connectivity index (χ0n) is 10.9. The molecule has 0 atom stereocenters. The molecule has 0 spiro atoms. The fraction of sp³-hybridized carbons (Fsp3) is 0. The monoisotopic (exact) mass is 277 g/mol. The van der Waals surface area contributed by atoms with E-state index in [0.717, 1.165) is 27.4 Å². The van der Waals surface area contributed by atoms with Crippen molar-refractivity contribution in [2.75, 3.05) is 0 Å². The number of primary amides is 1. The highest BCUT2D eigenvalue weighted by Crippen LogP contribution is 2.31. The van der Waals surface area contributed by atoms with E-state index in [4.69, 9.17) is 5.73 Å². The van der Waals surface area contributed by atoms with E-state index < -0.39 is 5.91 Å². The minimum absolute atomic E-state index is 0.431. The third-order valence-electron chi connectivity index (χ3n) is 3.61. The molecule has 6 nitrogen and oxygen atoms in total. The molecule has 4 rings (SSSR count). The molecule has 0 fully saturated rings. The Morgan fingerprint density at radius 1 is 1.10 bits per heavy atom. The van der Waals surface area contributed by atoms with E-state index >= 15 is 0 Å². The summed E-state index contributed by atoms with van der Waals surface area (Å²) in [5.41, 5.74) is 9.41. The van der Waals surface area contributed by atoms with Crippen molar-refractivity contribution in [1.82, 2.24) is 20.4 Å². The minimum Gasteiger partial charge on any atom is -0.366 e. The molecule has 0 saturated carbocycles. The van der Waals surface area contributed by atoms with Crippen molar-refractivity contribution in [1.29, 1.82) is 0 Å². The van der Waals surface area contributed by atoms with E-state index in [9.17, 15) is 4.79 Å². The Labute approximate surface area is 119 Å². The Balaban J connectivity index is 2.06. The van der Waals surface area contributed by atoms with Crippen LogP contribution in [-0.4, -0.2) is 26.3 Å². The molecule has 0 unspecified atom stereocenters. The molecule has 21 heavy (non-hydrogen) atoms. The number of nitrogens with zero attached hydrogens (tertiary/aromatic N) is 2. The van der Waals surface area contributed by atoms with Crippen molar-refractivity contribution >= 4 is 27.7 Å². The Kier molecular flexibility index (Phi) is 2.32. The second kappa shape index (κ2) is 4.17. The summed E-state index contributed by atoms with van der Waals surface area (Å²) in [6.45, 7) is 0. The average molecular weight is 277 g/mol. The summed E-state index contributed by atoms with van der Waals surface area (Å²) in [6, 6.07) is 9.65. The van der Waals surface area contributed by atoms with E-state index in [2.05, 4.69) is 20.4 Å². The topological polar surface area (TPSA) is 100 Å². The first kappa shape index (κ1) is 11.7. The van der Waals surface area contributed by atoms with Crippen molar-refractivity contribution in [3.05, 3.63) is 48.3 Å². The van der Waals surface area contributed by atoms with Crippen LogP contribution in [0.15, 0.2) is 42.7 Å². The molecule has 102 valence electrons. The van der Waals surface area contributed by atoms with Gasteiger partial charge in [0.1, 0.15) is 0 Å². The van der Waals surface area contributed by atoms with Crippen LogP contribution in [-0.2, 0) is 0 Å².